The Labute approximate surface area is 99.9 Å². The lowest BCUT2D eigenvalue weighted by molar-refractivity contribution is 0.0599. The summed E-state index contributed by atoms with van der Waals surface area (Å²) in [7, 11) is 1.35. The summed E-state index contributed by atoms with van der Waals surface area (Å²) in [6.07, 6.45) is 1.87. The van der Waals surface area contributed by atoms with Crippen molar-refractivity contribution in [1.29, 1.82) is 0 Å². The predicted molar refractivity (Wildman–Crippen MR) is 61.9 cm³/mol. The van der Waals surface area contributed by atoms with Crippen LogP contribution in [0.1, 0.15) is 28.9 Å². The molecule has 1 fully saturated rings. The van der Waals surface area contributed by atoms with Crippen LogP contribution in [0.3, 0.4) is 0 Å². The van der Waals surface area contributed by atoms with E-state index >= 15 is 0 Å². The number of hydrogen-bond donors (Lipinski definition) is 1. The van der Waals surface area contributed by atoms with Gasteiger partial charge in [0.1, 0.15) is 6.10 Å². The highest BCUT2D eigenvalue weighted by Crippen LogP contribution is 2.24. The fourth-order valence-electron chi connectivity index (χ4n) is 1.80. The maximum Gasteiger partial charge on any atom is 0.339 e. The molecule has 92 valence electrons. The standard InChI is InChI=1S/C12H16N2O3/c1-7-10(12(15)16-2)3-4-11(14-7)17-9-5-8(13)6-9/h3-4,8-9H,5-6,13H2,1-2H3. The average molecular weight is 236 g/mol. The van der Waals surface area contributed by atoms with Crippen LogP contribution in [-0.2, 0) is 4.74 Å². The second-order valence-electron chi connectivity index (χ2n) is 4.25. The van der Waals surface area contributed by atoms with E-state index in [1.165, 1.54) is 7.11 Å². The van der Waals surface area contributed by atoms with Gasteiger partial charge in [-0.25, -0.2) is 9.78 Å². The lowest BCUT2D eigenvalue weighted by atomic mass is 9.90. The molecule has 0 amide bonds. The van der Waals surface area contributed by atoms with Crippen LogP contribution >= 0.6 is 0 Å². The first-order chi connectivity index (χ1) is 8.10. The molecular formula is C12H16N2O3. The number of carbonyl (C=O) groups excluding carboxylic acids is 1. The molecule has 0 unspecified atom stereocenters. The monoisotopic (exact) mass is 236 g/mol. The summed E-state index contributed by atoms with van der Waals surface area (Å²) < 4.78 is 10.3. The van der Waals surface area contributed by atoms with E-state index in [0.717, 1.165) is 12.8 Å². The van der Waals surface area contributed by atoms with Crippen molar-refractivity contribution in [1.82, 2.24) is 4.98 Å². The van der Waals surface area contributed by atoms with E-state index < -0.39 is 0 Å². The van der Waals surface area contributed by atoms with E-state index in [9.17, 15) is 4.79 Å². The molecule has 0 spiro atoms. The zero-order valence-corrected chi connectivity index (χ0v) is 9.97. The summed E-state index contributed by atoms with van der Waals surface area (Å²) in [5.41, 5.74) is 6.75. The molecule has 1 aromatic heterocycles. The van der Waals surface area contributed by atoms with Gasteiger partial charge in [-0.1, -0.05) is 0 Å². The van der Waals surface area contributed by atoms with Gasteiger partial charge in [0.15, 0.2) is 0 Å². The second-order valence-corrected chi connectivity index (χ2v) is 4.25. The molecule has 0 radical (unpaired) electrons. The molecule has 0 atom stereocenters. The summed E-state index contributed by atoms with van der Waals surface area (Å²) in [4.78, 5) is 15.6. The van der Waals surface area contributed by atoms with Crippen molar-refractivity contribution in [3.8, 4) is 5.88 Å². The Morgan fingerprint density at radius 2 is 2.18 bits per heavy atom. The highest BCUT2D eigenvalue weighted by atomic mass is 16.5. The molecule has 1 aliphatic rings. The number of aryl methyl sites for hydroxylation is 1. The molecule has 17 heavy (non-hydrogen) atoms. The minimum Gasteiger partial charge on any atom is -0.474 e. The lowest BCUT2D eigenvalue weighted by Gasteiger charge is -2.32. The van der Waals surface area contributed by atoms with Gasteiger partial charge in [0.2, 0.25) is 5.88 Å². The third-order valence-electron chi connectivity index (χ3n) is 2.88. The smallest absolute Gasteiger partial charge is 0.339 e. The fraction of sp³-hybridized carbons (Fsp3) is 0.500. The van der Waals surface area contributed by atoms with Crippen molar-refractivity contribution in [3.63, 3.8) is 0 Å². The first-order valence-corrected chi connectivity index (χ1v) is 5.58. The molecule has 0 bridgehead atoms. The Bertz CT molecular complexity index is 428. The quantitative estimate of drug-likeness (QED) is 0.794. The summed E-state index contributed by atoms with van der Waals surface area (Å²) in [6, 6.07) is 3.60. The Kier molecular flexibility index (Phi) is 3.28. The van der Waals surface area contributed by atoms with E-state index in [0.29, 0.717) is 17.1 Å². The van der Waals surface area contributed by atoms with E-state index in [1.54, 1.807) is 19.1 Å². The molecule has 2 rings (SSSR count). The second kappa shape index (κ2) is 4.71. The number of aromatic nitrogens is 1. The van der Waals surface area contributed by atoms with Crippen molar-refractivity contribution in [2.45, 2.75) is 31.9 Å². The third-order valence-corrected chi connectivity index (χ3v) is 2.88. The van der Waals surface area contributed by atoms with Crippen molar-refractivity contribution in [3.05, 3.63) is 23.4 Å². The van der Waals surface area contributed by atoms with Crippen LogP contribution in [0.2, 0.25) is 0 Å². The molecule has 0 saturated heterocycles. The van der Waals surface area contributed by atoms with Gasteiger partial charge in [0, 0.05) is 12.1 Å². The largest absolute Gasteiger partial charge is 0.474 e. The number of carbonyl (C=O) groups is 1. The molecule has 1 aromatic rings. The summed E-state index contributed by atoms with van der Waals surface area (Å²) in [5.74, 6) is 0.152. The maximum atomic E-state index is 11.4. The Hall–Kier alpha value is -1.62. The molecule has 5 heteroatoms. The van der Waals surface area contributed by atoms with E-state index in [2.05, 4.69) is 9.72 Å². The van der Waals surface area contributed by atoms with Gasteiger partial charge in [-0.3, -0.25) is 0 Å². The van der Waals surface area contributed by atoms with Crippen LogP contribution in [0.15, 0.2) is 12.1 Å². The predicted octanol–water partition coefficient (Wildman–Crippen LogP) is 1.05. The van der Waals surface area contributed by atoms with Gasteiger partial charge < -0.3 is 15.2 Å². The molecule has 2 N–H and O–H groups in total. The number of hydrogen-bond acceptors (Lipinski definition) is 5. The number of ether oxygens (including phenoxy) is 2. The SMILES string of the molecule is COC(=O)c1ccc(OC2CC(N)C2)nc1C. The molecular weight excluding hydrogens is 220 g/mol. The van der Waals surface area contributed by atoms with Crippen LogP contribution in [0.25, 0.3) is 0 Å². The fourth-order valence-corrected chi connectivity index (χ4v) is 1.80. The molecule has 1 saturated carbocycles. The Morgan fingerprint density at radius 1 is 1.47 bits per heavy atom. The average Bonchev–Trinajstić information content (AvgIpc) is 2.26. The summed E-state index contributed by atoms with van der Waals surface area (Å²) in [6.45, 7) is 1.76. The number of nitrogens with two attached hydrogens (primary N) is 1. The topological polar surface area (TPSA) is 74.4 Å². The molecule has 0 aliphatic heterocycles. The van der Waals surface area contributed by atoms with Gasteiger partial charge in [-0.15, -0.1) is 0 Å². The van der Waals surface area contributed by atoms with Crippen LogP contribution in [-0.4, -0.2) is 30.2 Å². The molecule has 0 aromatic carbocycles. The highest BCUT2D eigenvalue weighted by Gasteiger charge is 2.28. The first kappa shape index (κ1) is 11.9. The normalized spacial score (nSPS) is 22.8. The van der Waals surface area contributed by atoms with Crippen molar-refractivity contribution in [2.24, 2.45) is 5.73 Å². The van der Waals surface area contributed by atoms with Gasteiger partial charge >= 0.3 is 5.97 Å². The zero-order valence-electron chi connectivity index (χ0n) is 9.97. The van der Waals surface area contributed by atoms with Crippen LogP contribution in [0.5, 0.6) is 5.88 Å². The Morgan fingerprint density at radius 3 is 2.71 bits per heavy atom. The van der Waals surface area contributed by atoms with Crippen molar-refractivity contribution < 1.29 is 14.3 Å². The van der Waals surface area contributed by atoms with Crippen molar-refractivity contribution in [2.75, 3.05) is 7.11 Å². The number of esters is 1. The number of pyridine rings is 1. The number of methoxy groups -OCH3 is 1. The van der Waals surface area contributed by atoms with Crippen LogP contribution in [0.4, 0.5) is 0 Å². The van der Waals surface area contributed by atoms with E-state index in [1.807, 2.05) is 0 Å². The number of rotatable bonds is 3. The van der Waals surface area contributed by atoms with Gasteiger partial charge in [-0.05, 0) is 25.8 Å². The molecule has 5 nitrogen and oxygen atoms in total. The van der Waals surface area contributed by atoms with Crippen LogP contribution in [0, 0.1) is 6.92 Å². The maximum absolute atomic E-state index is 11.4. The summed E-state index contributed by atoms with van der Waals surface area (Å²) in [5, 5.41) is 0. The zero-order chi connectivity index (χ0) is 12.4. The lowest BCUT2D eigenvalue weighted by Crippen LogP contribution is -2.43. The number of nitrogens with zero attached hydrogens (tertiary/aromatic N) is 1. The summed E-state index contributed by atoms with van der Waals surface area (Å²) >= 11 is 0. The molecule has 1 heterocycles. The Balaban J connectivity index is 2.05. The highest BCUT2D eigenvalue weighted by molar-refractivity contribution is 5.90. The minimum absolute atomic E-state index is 0.154. The van der Waals surface area contributed by atoms with Crippen LogP contribution < -0.4 is 10.5 Å². The first-order valence-electron chi connectivity index (χ1n) is 5.58. The van der Waals surface area contributed by atoms with Gasteiger partial charge in [-0.2, -0.15) is 0 Å². The van der Waals surface area contributed by atoms with Gasteiger partial charge in [0.25, 0.3) is 0 Å². The third kappa shape index (κ3) is 2.55. The van der Waals surface area contributed by atoms with Crippen molar-refractivity contribution >= 4 is 5.97 Å². The van der Waals surface area contributed by atoms with E-state index in [-0.39, 0.29) is 18.1 Å². The van der Waals surface area contributed by atoms with Gasteiger partial charge in [0.05, 0.1) is 18.4 Å². The minimum atomic E-state index is -0.382. The van der Waals surface area contributed by atoms with E-state index in [4.69, 9.17) is 10.5 Å². The molecule has 1 aliphatic carbocycles.